The van der Waals surface area contributed by atoms with Crippen molar-refractivity contribution in [2.45, 2.75) is 16.7 Å². The largest absolute Gasteiger partial charge is 0.365 e. The third kappa shape index (κ3) is 4.09. The van der Waals surface area contributed by atoms with Crippen molar-refractivity contribution in [3.05, 3.63) is 74.4 Å². The molecule has 2 aromatic carbocycles. The van der Waals surface area contributed by atoms with E-state index in [1.807, 2.05) is 30.3 Å². The lowest BCUT2D eigenvalue weighted by Crippen LogP contribution is -2.41. The molecular formula is C27H19N7O4S2. The van der Waals surface area contributed by atoms with Crippen molar-refractivity contribution in [1.29, 1.82) is 10.5 Å². The van der Waals surface area contributed by atoms with E-state index in [2.05, 4.69) is 22.8 Å². The van der Waals surface area contributed by atoms with Gasteiger partial charge in [0.05, 0.1) is 42.9 Å². The van der Waals surface area contributed by atoms with Gasteiger partial charge in [0.15, 0.2) is 5.78 Å². The zero-order chi connectivity index (χ0) is 28.9. The van der Waals surface area contributed by atoms with Gasteiger partial charge in [0.25, 0.3) is 17.7 Å². The smallest absolute Gasteiger partial charge is 0.263 e. The second-order valence-electron chi connectivity index (χ2n) is 8.80. The van der Waals surface area contributed by atoms with Crippen LogP contribution in [0.1, 0.15) is 18.1 Å². The van der Waals surface area contributed by atoms with Crippen LogP contribution < -0.4 is 26.2 Å². The highest BCUT2D eigenvalue weighted by atomic mass is 32.2. The van der Waals surface area contributed by atoms with E-state index < -0.39 is 17.7 Å². The van der Waals surface area contributed by atoms with Crippen molar-refractivity contribution in [3.8, 4) is 12.1 Å². The van der Waals surface area contributed by atoms with Crippen LogP contribution in [0.15, 0.2) is 73.1 Å². The molecule has 0 unspecified atom stereocenters. The van der Waals surface area contributed by atoms with E-state index in [0.29, 0.717) is 42.6 Å². The van der Waals surface area contributed by atoms with Gasteiger partial charge in [-0.1, -0.05) is 41.7 Å². The monoisotopic (exact) mass is 569 g/mol. The topological polar surface area (TPSA) is 172 Å². The zero-order valence-electron chi connectivity index (χ0n) is 21.3. The summed E-state index contributed by atoms with van der Waals surface area (Å²) in [5.74, 6) is -2.87. The lowest BCUT2D eigenvalue weighted by atomic mass is 10.0. The predicted octanol–water partition coefficient (Wildman–Crippen LogP) is 2.66. The van der Waals surface area contributed by atoms with Crippen molar-refractivity contribution < 1.29 is 19.2 Å². The minimum atomic E-state index is -0.997. The molecule has 3 aliphatic heterocycles. The summed E-state index contributed by atoms with van der Waals surface area (Å²) >= 11 is 2.26. The van der Waals surface area contributed by atoms with Gasteiger partial charge in [-0.2, -0.15) is 10.5 Å². The van der Waals surface area contributed by atoms with E-state index in [1.54, 1.807) is 23.9 Å². The standard InChI is InChI=1S/C27H19N7O4S2/c1-12(35)18(31-13-7-5-4-6-8-13)27-34(3)20-17(11-29)21-19(16(10-28)22(20)40-27)33(2)26(39-21)15-9-14(23(30)36)24(37)32-25(15)38/h4-9,31H,1-3H3,(H2,30,36)(H,32,37,38)/b26-15-,27-18+. The number of carbonyl (C=O) groups is 4. The third-order valence-electron chi connectivity index (χ3n) is 6.37. The number of ketones is 1. The van der Waals surface area contributed by atoms with Gasteiger partial charge in [0, 0.05) is 26.7 Å². The molecular weight excluding hydrogens is 550 g/mol. The van der Waals surface area contributed by atoms with Crippen LogP contribution in [0.3, 0.4) is 0 Å². The lowest BCUT2D eigenvalue weighted by Gasteiger charge is -2.21. The van der Waals surface area contributed by atoms with Crippen LogP contribution >= 0.6 is 23.5 Å². The number of para-hydroxylation sites is 1. The van der Waals surface area contributed by atoms with Gasteiger partial charge >= 0.3 is 0 Å². The Morgan fingerprint density at radius 1 is 0.950 bits per heavy atom. The van der Waals surface area contributed by atoms with E-state index in [9.17, 15) is 29.7 Å². The normalized spacial score (nSPS) is 18.8. The van der Waals surface area contributed by atoms with Crippen molar-refractivity contribution >= 4 is 64.1 Å². The maximum atomic E-state index is 12.7. The molecule has 0 fully saturated rings. The van der Waals surface area contributed by atoms with E-state index in [-0.39, 0.29) is 28.1 Å². The van der Waals surface area contributed by atoms with Crippen molar-refractivity contribution in [1.82, 2.24) is 5.32 Å². The molecule has 0 saturated heterocycles. The maximum Gasteiger partial charge on any atom is 0.263 e. The summed E-state index contributed by atoms with van der Waals surface area (Å²) < 4.78 is 0. The van der Waals surface area contributed by atoms with Crippen LogP contribution in [0.2, 0.25) is 0 Å². The van der Waals surface area contributed by atoms with E-state index in [4.69, 9.17) is 5.73 Å². The molecule has 5 rings (SSSR count). The average molecular weight is 570 g/mol. The summed E-state index contributed by atoms with van der Waals surface area (Å²) in [6.07, 6.45) is 1.12. The summed E-state index contributed by atoms with van der Waals surface area (Å²) in [6, 6.07) is 13.6. The number of nitrogens with zero attached hydrogens (tertiary/aromatic N) is 4. The second-order valence-corrected chi connectivity index (χ2v) is 10.8. The Kier molecular flexibility index (Phi) is 6.63. The number of imide groups is 1. The molecule has 4 N–H and O–H groups in total. The minimum absolute atomic E-state index is 0.00226. The fraction of sp³-hybridized carbons (Fsp3) is 0.111. The average Bonchev–Trinajstić information content (AvgIpc) is 3.43. The Bertz CT molecular complexity index is 1730. The number of allylic oxidation sites excluding steroid dienone is 1. The summed E-state index contributed by atoms with van der Waals surface area (Å²) in [4.78, 5) is 53.5. The van der Waals surface area contributed by atoms with E-state index in [1.165, 1.54) is 18.7 Å². The molecule has 0 aromatic heterocycles. The van der Waals surface area contributed by atoms with Crippen molar-refractivity contribution in [2.24, 2.45) is 5.73 Å². The maximum absolute atomic E-state index is 12.7. The first kappa shape index (κ1) is 26.6. The molecule has 0 atom stereocenters. The van der Waals surface area contributed by atoms with Gasteiger partial charge in [-0.15, -0.1) is 0 Å². The summed E-state index contributed by atoms with van der Waals surface area (Å²) in [6.45, 7) is 1.43. The number of Topliss-reactive ketones (excluding diaryl/α,β-unsaturated/α-hetero) is 1. The summed E-state index contributed by atoms with van der Waals surface area (Å²) in [7, 11) is 3.33. The first-order chi connectivity index (χ1) is 19.1. The molecule has 3 heterocycles. The molecule has 2 aromatic rings. The summed E-state index contributed by atoms with van der Waals surface area (Å²) in [5, 5.41) is 26.7. The number of amides is 3. The Morgan fingerprint density at radius 3 is 2.12 bits per heavy atom. The first-order valence-corrected chi connectivity index (χ1v) is 13.3. The fourth-order valence-electron chi connectivity index (χ4n) is 4.53. The van der Waals surface area contributed by atoms with Crippen LogP contribution in [0, 0.1) is 22.7 Å². The lowest BCUT2D eigenvalue weighted by molar-refractivity contribution is -0.128. The highest BCUT2D eigenvalue weighted by Crippen LogP contribution is 2.59. The minimum Gasteiger partial charge on any atom is -0.365 e. The number of anilines is 3. The zero-order valence-corrected chi connectivity index (χ0v) is 22.9. The predicted molar refractivity (Wildman–Crippen MR) is 150 cm³/mol. The quantitative estimate of drug-likeness (QED) is 0.281. The Morgan fingerprint density at radius 2 is 1.55 bits per heavy atom. The van der Waals surface area contributed by atoms with E-state index in [0.717, 1.165) is 17.8 Å². The molecule has 0 saturated carbocycles. The van der Waals surface area contributed by atoms with Gasteiger partial charge in [0.2, 0.25) is 0 Å². The number of thioether (sulfide) groups is 2. The van der Waals surface area contributed by atoms with Gasteiger partial charge < -0.3 is 20.9 Å². The number of primary amides is 1. The molecule has 0 bridgehead atoms. The highest BCUT2D eigenvalue weighted by molar-refractivity contribution is 8.04. The van der Waals surface area contributed by atoms with Crippen LogP contribution in [-0.4, -0.2) is 37.6 Å². The molecule has 3 amide bonds. The molecule has 40 heavy (non-hydrogen) atoms. The SMILES string of the molecule is CC(=O)/C(Nc1ccccc1)=C1\Sc2c(C#N)c3c(c(C#N)c2N1C)S/C(=C1/C=C(C(N)=O)C(=O)NC1=O)N3C. The highest BCUT2D eigenvalue weighted by Gasteiger charge is 2.41. The molecule has 3 aliphatic rings. The number of nitriles is 2. The van der Waals surface area contributed by atoms with Gasteiger partial charge in [-0.3, -0.25) is 24.5 Å². The molecule has 11 nitrogen and oxygen atoms in total. The van der Waals surface area contributed by atoms with Crippen LogP contribution in [0.5, 0.6) is 0 Å². The first-order valence-electron chi connectivity index (χ1n) is 11.6. The molecule has 0 aliphatic carbocycles. The summed E-state index contributed by atoms with van der Waals surface area (Å²) in [5.41, 5.74) is 7.27. The van der Waals surface area contributed by atoms with Gasteiger partial charge in [0.1, 0.15) is 28.4 Å². The Hall–Kier alpha value is -4.98. The van der Waals surface area contributed by atoms with Crippen LogP contribution in [0.4, 0.5) is 17.1 Å². The van der Waals surface area contributed by atoms with Crippen LogP contribution in [-0.2, 0) is 19.2 Å². The van der Waals surface area contributed by atoms with Crippen molar-refractivity contribution in [2.75, 3.05) is 29.2 Å². The number of hydrogen-bond donors (Lipinski definition) is 3. The van der Waals surface area contributed by atoms with Gasteiger partial charge in [-0.25, -0.2) is 0 Å². The number of hydrogen-bond acceptors (Lipinski definition) is 11. The van der Waals surface area contributed by atoms with Crippen molar-refractivity contribution in [3.63, 3.8) is 0 Å². The third-order valence-corrected chi connectivity index (χ3v) is 8.93. The molecule has 198 valence electrons. The molecule has 0 radical (unpaired) electrons. The number of nitrogens with two attached hydrogens (primary N) is 1. The Labute approximate surface area is 237 Å². The van der Waals surface area contributed by atoms with Crippen LogP contribution in [0.25, 0.3) is 0 Å². The number of nitrogens with one attached hydrogen (secondary N) is 2. The Balaban J connectivity index is 1.69. The second kappa shape index (κ2) is 9.96. The fourth-order valence-corrected chi connectivity index (χ4v) is 7.09. The van der Waals surface area contributed by atoms with Gasteiger partial charge in [-0.05, 0) is 18.2 Å². The number of carbonyl (C=O) groups excluding carboxylic acids is 4. The number of rotatable bonds is 4. The molecule has 13 heteroatoms. The molecule has 0 spiro atoms. The van der Waals surface area contributed by atoms with E-state index >= 15 is 0 Å². The number of benzene rings is 2. The number of fused-ring (bicyclic) bond motifs is 2.